The van der Waals surface area contributed by atoms with Crippen molar-refractivity contribution in [3.05, 3.63) is 70.3 Å². The first-order valence-electron chi connectivity index (χ1n) is 20.3. The Bertz CT molecular complexity index is 2040. The van der Waals surface area contributed by atoms with Gasteiger partial charge in [0.05, 0.1) is 42.3 Å². The first-order chi connectivity index (χ1) is 29.1. The number of amides is 6. The van der Waals surface area contributed by atoms with E-state index in [0.29, 0.717) is 31.2 Å². The number of hydrogen-bond donors (Lipinski definition) is 6. The minimum absolute atomic E-state index is 0.0511. The minimum atomic E-state index is -2.45. The van der Waals surface area contributed by atoms with Gasteiger partial charge in [-0.1, -0.05) is 62.9 Å². The third-order valence-electron chi connectivity index (χ3n) is 10.5. The van der Waals surface area contributed by atoms with Crippen LogP contribution < -0.4 is 27.0 Å². The van der Waals surface area contributed by atoms with E-state index in [9.17, 15) is 56.6 Å². The molecule has 62 heavy (non-hydrogen) atoms. The third-order valence-corrected chi connectivity index (χ3v) is 10.5. The highest BCUT2D eigenvalue weighted by atomic mass is 19.2. The highest BCUT2D eigenvalue weighted by Gasteiger charge is 2.47. The van der Waals surface area contributed by atoms with Gasteiger partial charge in [-0.05, 0) is 51.5 Å². The van der Waals surface area contributed by atoms with Gasteiger partial charge in [0.15, 0.2) is 23.3 Å². The molecular formula is C42H52F4N6O10. The van der Waals surface area contributed by atoms with Crippen molar-refractivity contribution in [2.24, 2.45) is 11.7 Å². The summed E-state index contributed by atoms with van der Waals surface area (Å²) >= 11 is 0. The molecule has 4 rings (SSSR count). The van der Waals surface area contributed by atoms with Crippen molar-refractivity contribution in [3.63, 3.8) is 0 Å². The number of aromatic carboxylic acids is 1. The topological polar surface area (TPSA) is 243 Å². The minimum Gasteiger partial charge on any atom is -0.478 e. The van der Waals surface area contributed by atoms with Crippen LogP contribution in [0, 0.1) is 29.2 Å². The molecule has 6 amide bonds. The zero-order valence-corrected chi connectivity index (χ0v) is 34.8. The zero-order chi connectivity index (χ0) is 46.1. The number of halogens is 4. The van der Waals surface area contributed by atoms with Crippen molar-refractivity contribution in [1.82, 2.24) is 26.2 Å². The Hall–Kier alpha value is -5.92. The van der Waals surface area contributed by atoms with E-state index in [2.05, 4.69) is 21.3 Å². The number of hydrogen-bond acceptors (Lipinski definition) is 9. The Morgan fingerprint density at radius 3 is 2.05 bits per heavy atom. The van der Waals surface area contributed by atoms with Gasteiger partial charge >= 0.3 is 5.97 Å². The number of likely N-dealkylation sites (tertiary alicyclic amines) is 1. The second-order valence-corrected chi connectivity index (χ2v) is 16.4. The van der Waals surface area contributed by atoms with Gasteiger partial charge in [-0.15, -0.1) is 0 Å². The molecule has 20 heteroatoms. The summed E-state index contributed by atoms with van der Waals surface area (Å²) in [7, 11) is 0. The lowest BCUT2D eigenvalue weighted by Crippen LogP contribution is -2.58. The second kappa shape index (κ2) is 21.2. The number of ketones is 1. The number of nitrogens with one attached hydrogen (secondary N) is 4. The van der Waals surface area contributed by atoms with E-state index in [-0.39, 0.29) is 32.2 Å². The molecule has 1 heterocycles. The summed E-state index contributed by atoms with van der Waals surface area (Å²) in [6, 6.07) is 3.14. The van der Waals surface area contributed by atoms with Crippen LogP contribution in [-0.4, -0.2) is 100 Å². The summed E-state index contributed by atoms with van der Waals surface area (Å²) in [6.07, 6.45) is 1.59. The maximum atomic E-state index is 15.1. The normalized spacial score (nSPS) is 18.2. The monoisotopic (exact) mass is 876 g/mol. The number of carbonyl (C=O) groups excluding carboxylic acids is 7. The van der Waals surface area contributed by atoms with Crippen molar-refractivity contribution >= 4 is 47.2 Å². The van der Waals surface area contributed by atoms with Gasteiger partial charge in [-0.25, -0.2) is 22.4 Å². The van der Waals surface area contributed by atoms with Crippen LogP contribution in [0.25, 0.3) is 0 Å². The predicted octanol–water partition coefficient (Wildman–Crippen LogP) is 3.11. The van der Waals surface area contributed by atoms with Crippen molar-refractivity contribution in [2.75, 3.05) is 13.1 Å². The summed E-state index contributed by atoms with van der Waals surface area (Å²) in [6.45, 7) is 5.92. The van der Waals surface area contributed by atoms with Gasteiger partial charge in [0, 0.05) is 13.0 Å². The van der Waals surface area contributed by atoms with E-state index in [1.54, 1.807) is 58.0 Å². The highest BCUT2D eigenvalue weighted by molar-refractivity contribution is 6.38. The van der Waals surface area contributed by atoms with Gasteiger partial charge in [-0.3, -0.25) is 33.6 Å². The Kier molecular flexibility index (Phi) is 16.7. The third kappa shape index (κ3) is 12.3. The first-order valence-corrected chi connectivity index (χ1v) is 20.3. The number of carboxylic acid groups (broad SMARTS) is 1. The van der Waals surface area contributed by atoms with Crippen LogP contribution in [0.1, 0.15) is 118 Å². The Morgan fingerprint density at radius 2 is 1.48 bits per heavy atom. The van der Waals surface area contributed by atoms with Crippen molar-refractivity contribution in [1.29, 1.82) is 0 Å². The van der Waals surface area contributed by atoms with E-state index < -0.39 is 130 Å². The fraction of sp³-hybridized carbons (Fsp3) is 0.524. The number of rotatable bonds is 18. The van der Waals surface area contributed by atoms with Gasteiger partial charge in [-0.2, -0.15) is 0 Å². The van der Waals surface area contributed by atoms with Crippen molar-refractivity contribution < 1.29 is 65.8 Å². The molecule has 338 valence electrons. The molecule has 7 N–H and O–H groups in total. The number of primary amides is 1. The lowest BCUT2D eigenvalue weighted by Gasteiger charge is -2.35. The maximum Gasteiger partial charge on any atom is 0.339 e. The number of carboxylic acids is 1. The molecule has 0 radical (unpaired) electrons. The summed E-state index contributed by atoms with van der Waals surface area (Å²) in [5.41, 5.74) is 1.65. The molecule has 1 saturated heterocycles. The number of nitrogens with zero attached hydrogens (tertiary/aromatic N) is 1. The van der Waals surface area contributed by atoms with Gasteiger partial charge in [0.1, 0.15) is 17.6 Å². The molecule has 2 aliphatic rings. The van der Waals surface area contributed by atoms with Crippen LogP contribution in [0.15, 0.2) is 30.3 Å². The molecule has 2 aromatic rings. The first kappa shape index (κ1) is 48.7. The predicted molar refractivity (Wildman–Crippen MR) is 212 cm³/mol. The Balaban J connectivity index is 1.58. The van der Waals surface area contributed by atoms with Crippen LogP contribution in [0.5, 0.6) is 0 Å². The molecule has 1 aliphatic heterocycles. The summed E-state index contributed by atoms with van der Waals surface area (Å²) < 4.78 is 64.3. The average molecular weight is 877 g/mol. The molecule has 0 spiro atoms. The number of carbonyl (C=O) groups is 8. The molecule has 1 saturated carbocycles. The van der Waals surface area contributed by atoms with Gasteiger partial charge < -0.3 is 41.7 Å². The van der Waals surface area contributed by atoms with E-state index >= 15 is 4.39 Å². The smallest absolute Gasteiger partial charge is 0.339 e. The lowest BCUT2D eigenvalue weighted by molar-refractivity contribution is -0.143. The quantitative estimate of drug-likeness (QED) is 0.0553. The van der Waals surface area contributed by atoms with E-state index in [0.717, 1.165) is 11.3 Å². The largest absolute Gasteiger partial charge is 0.478 e. The van der Waals surface area contributed by atoms with Gasteiger partial charge in [0.2, 0.25) is 29.4 Å². The second-order valence-electron chi connectivity index (χ2n) is 16.4. The Morgan fingerprint density at radius 1 is 0.871 bits per heavy atom. The Labute approximate surface area is 355 Å². The SMILES string of the molecule is CCCC(NC(=O)C1CC(OC(C)(C)C)CN1C(=O)C(NC(=O)c1c(F)c(F)c(F)c(F)c1C(=O)O)C1CCCCC1)C(=O)C(=O)NCC(=O)NC(CC(N)=O)c1ccccc1. The highest BCUT2D eigenvalue weighted by Crippen LogP contribution is 2.32. The molecule has 0 bridgehead atoms. The summed E-state index contributed by atoms with van der Waals surface area (Å²) in [5, 5.41) is 19.1. The standard InChI is InChI=1S/C42H52F4N6O10/c1-5-12-24(36(55)39(58)48-19-28(54)49-25(18-27(47)53)21-13-8-6-9-14-21)50-37(56)26-17-23(62-42(2,3)4)20-52(26)40(59)35(22-15-10-7-11-16-22)51-38(57)29-30(41(60)61)32(44)34(46)33(45)31(29)43/h6,8-9,13-14,22-26,35H,5,7,10-12,15-20H2,1-4H3,(H2,47,53)(H,48,58)(H,49,54)(H,50,56)(H,51,57)(H,60,61). The molecule has 5 unspecified atom stereocenters. The summed E-state index contributed by atoms with van der Waals surface area (Å²) in [4.78, 5) is 106. The maximum absolute atomic E-state index is 15.1. The molecular weight excluding hydrogens is 824 g/mol. The molecule has 5 atom stereocenters. The van der Waals surface area contributed by atoms with E-state index in [1.165, 1.54) is 0 Å². The van der Waals surface area contributed by atoms with E-state index in [4.69, 9.17) is 10.5 Å². The molecule has 2 fully saturated rings. The van der Waals surface area contributed by atoms with Crippen molar-refractivity contribution in [3.8, 4) is 0 Å². The van der Waals surface area contributed by atoms with Crippen LogP contribution in [-0.2, 0) is 33.5 Å². The van der Waals surface area contributed by atoms with Crippen LogP contribution >= 0.6 is 0 Å². The number of Topliss-reactive ketones (excluding diaryl/α,β-unsaturated/α-hetero) is 1. The molecule has 0 aromatic heterocycles. The number of nitrogens with two attached hydrogens (primary N) is 1. The van der Waals surface area contributed by atoms with Gasteiger partial charge in [0.25, 0.3) is 11.8 Å². The molecule has 16 nitrogen and oxygen atoms in total. The van der Waals surface area contributed by atoms with Crippen LogP contribution in [0.3, 0.4) is 0 Å². The number of benzene rings is 2. The van der Waals surface area contributed by atoms with Crippen LogP contribution in [0.4, 0.5) is 17.6 Å². The zero-order valence-electron chi connectivity index (χ0n) is 34.8. The number of ether oxygens (including phenoxy) is 1. The molecule has 1 aliphatic carbocycles. The van der Waals surface area contributed by atoms with Crippen molar-refractivity contribution in [2.45, 2.75) is 121 Å². The lowest BCUT2D eigenvalue weighted by atomic mass is 9.83. The fourth-order valence-corrected chi connectivity index (χ4v) is 7.78. The van der Waals surface area contributed by atoms with E-state index in [1.807, 2.05) is 0 Å². The summed E-state index contributed by atoms with van der Waals surface area (Å²) in [5.74, 6) is -19.8. The fourth-order valence-electron chi connectivity index (χ4n) is 7.78. The van der Waals surface area contributed by atoms with Crippen LogP contribution in [0.2, 0.25) is 0 Å². The molecule has 2 aromatic carbocycles. The average Bonchev–Trinajstić information content (AvgIpc) is 3.64.